The molecule has 0 amide bonds. The summed E-state index contributed by atoms with van der Waals surface area (Å²) in [6, 6.07) is 11.5. The van der Waals surface area contributed by atoms with Crippen molar-refractivity contribution in [3.05, 3.63) is 61.8 Å². The molecule has 3 rings (SSSR count). The predicted molar refractivity (Wildman–Crippen MR) is 94.7 cm³/mol. The Hall–Kier alpha value is -1.60. The molecule has 22 heavy (non-hydrogen) atoms. The van der Waals surface area contributed by atoms with Gasteiger partial charge in [0, 0.05) is 14.0 Å². The Morgan fingerprint density at radius 2 is 2.09 bits per heavy atom. The Morgan fingerprint density at radius 1 is 1.32 bits per heavy atom. The van der Waals surface area contributed by atoms with Gasteiger partial charge < -0.3 is 5.11 Å². The monoisotopic (exact) mass is 426 g/mol. The lowest BCUT2D eigenvalue weighted by atomic mass is 10.1. The maximum absolute atomic E-state index is 11.4. The number of halogens is 2. The molecule has 0 aliphatic rings. The second-order valence-electron chi connectivity index (χ2n) is 5.07. The lowest BCUT2D eigenvalue weighted by molar-refractivity contribution is 0.0691. The summed E-state index contributed by atoms with van der Waals surface area (Å²) in [6.45, 7) is 2.41. The van der Waals surface area contributed by atoms with Crippen LogP contribution in [0.4, 0.5) is 0 Å². The summed E-state index contributed by atoms with van der Waals surface area (Å²) >= 11 is 8.43. The van der Waals surface area contributed by atoms with Crippen LogP contribution < -0.4 is 0 Å². The van der Waals surface area contributed by atoms with Crippen molar-refractivity contribution >= 4 is 51.1 Å². The van der Waals surface area contributed by atoms with Crippen molar-refractivity contribution in [2.45, 2.75) is 13.5 Å². The number of hydrogen-bond donors (Lipinski definition) is 1. The standard InChI is InChI=1S/C16H12ClIN2O2/c1-9-2-3-10(13(17)6-9)8-20-14-5-4-11(18)7-12(14)15(19-20)16(21)22/h2-7H,8H2,1H3,(H,21,22). The van der Waals surface area contributed by atoms with Crippen molar-refractivity contribution in [1.82, 2.24) is 9.78 Å². The number of carboxylic acids is 1. The number of hydrogen-bond acceptors (Lipinski definition) is 2. The fraction of sp³-hybridized carbons (Fsp3) is 0.125. The maximum Gasteiger partial charge on any atom is 0.357 e. The van der Waals surface area contributed by atoms with Gasteiger partial charge in [0.25, 0.3) is 0 Å². The van der Waals surface area contributed by atoms with Crippen LogP contribution in [0.25, 0.3) is 10.9 Å². The zero-order valence-corrected chi connectivity index (χ0v) is 14.6. The number of carbonyl (C=O) groups is 1. The van der Waals surface area contributed by atoms with Crippen LogP contribution in [0.15, 0.2) is 36.4 Å². The smallest absolute Gasteiger partial charge is 0.357 e. The summed E-state index contributed by atoms with van der Waals surface area (Å²) in [4.78, 5) is 11.4. The van der Waals surface area contributed by atoms with E-state index in [1.807, 2.05) is 43.3 Å². The molecule has 1 aromatic heterocycles. The van der Waals surface area contributed by atoms with Gasteiger partial charge in [-0.2, -0.15) is 5.10 Å². The minimum absolute atomic E-state index is 0.0664. The molecule has 1 N–H and O–H groups in total. The summed E-state index contributed by atoms with van der Waals surface area (Å²) in [5, 5.41) is 14.9. The zero-order chi connectivity index (χ0) is 15.9. The lowest BCUT2D eigenvalue weighted by Gasteiger charge is -2.07. The SMILES string of the molecule is Cc1ccc(Cn2nc(C(=O)O)c3cc(I)ccc32)c(Cl)c1. The molecular formula is C16H12ClIN2O2. The topological polar surface area (TPSA) is 55.1 Å². The van der Waals surface area contributed by atoms with Gasteiger partial charge in [-0.15, -0.1) is 0 Å². The summed E-state index contributed by atoms with van der Waals surface area (Å²) in [7, 11) is 0. The van der Waals surface area contributed by atoms with Gasteiger partial charge in [-0.3, -0.25) is 4.68 Å². The van der Waals surface area contributed by atoms with Crippen molar-refractivity contribution in [1.29, 1.82) is 0 Å². The number of aromatic carboxylic acids is 1. The average molecular weight is 427 g/mol. The van der Waals surface area contributed by atoms with Crippen LogP contribution in [0.2, 0.25) is 5.02 Å². The minimum Gasteiger partial charge on any atom is -0.476 e. The molecule has 0 aliphatic carbocycles. The molecular weight excluding hydrogens is 415 g/mol. The quantitative estimate of drug-likeness (QED) is 0.634. The molecule has 6 heteroatoms. The summed E-state index contributed by atoms with van der Waals surface area (Å²) in [6.07, 6.45) is 0. The number of nitrogens with zero attached hydrogens (tertiary/aromatic N) is 2. The number of carboxylic acid groups (broad SMARTS) is 1. The van der Waals surface area contributed by atoms with E-state index in [0.717, 1.165) is 20.2 Å². The van der Waals surface area contributed by atoms with E-state index < -0.39 is 5.97 Å². The largest absolute Gasteiger partial charge is 0.476 e. The van der Waals surface area contributed by atoms with Gasteiger partial charge in [0.1, 0.15) is 0 Å². The number of benzene rings is 2. The van der Waals surface area contributed by atoms with Crippen LogP contribution >= 0.6 is 34.2 Å². The van der Waals surface area contributed by atoms with Crippen LogP contribution in [0.1, 0.15) is 21.6 Å². The highest BCUT2D eigenvalue weighted by Crippen LogP contribution is 2.24. The number of rotatable bonds is 3. The first-order chi connectivity index (χ1) is 10.5. The molecule has 0 unspecified atom stereocenters. The van der Waals surface area contributed by atoms with Gasteiger partial charge in [0.2, 0.25) is 0 Å². The van der Waals surface area contributed by atoms with E-state index in [1.165, 1.54) is 0 Å². The highest BCUT2D eigenvalue weighted by molar-refractivity contribution is 14.1. The Bertz CT molecular complexity index is 889. The Balaban J connectivity index is 2.13. The molecule has 0 fully saturated rings. The third-order valence-electron chi connectivity index (χ3n) is 3.44. The molecule has 3 aromatic rings. The second kappa shape index (κ2) is 5.89. The molecule has 0 saturated heterocycles. The third-order valence-corrected chi connectivity index (χ3v) is 4.47. The van der Waals surface area contributed by atoms with Crippen LogP contribution in [-0.4, -0.2) is 20.9 Å². The van der Waals surface area contributed by atoms with Gasteiger partial charge in [0.05, 0.1) is 12.1 Å². The molecule has 2 aromatic carbocycles. The summed E-state index contributed by atoms with van der Waals surface area (Å²) in [5.74, 6) is -1.03. The van der Waals surface area contributed by atoms with E-state index in [9.17, 15) is 9.90 Å². The Kier molecular flexibility index (Phi) is 4.10. The highest BCUT2D eigenvalue weighted by atomic mass is 127. The number of aryl methyl sites for hydroxylation is 1. The van der Waals surface area contributed by atoms with E-state index in [-0.39, 0.29) is 5.69 Å². The molecule has 0 aliphatic heterocycles. The molecule has 4 nitrogen and oxygen atoms in total. The van der Waals surface area contributed by atoms with Crippen molar-refractivity contribution < 1.29 is 9.90 Å². The Morgan fingerprint density at radius 3 is 2.77 bits per heavy atom. The van der Waals surface area contributed by atoms with Crippen molar-refractivity contribution in [2.24, 2.45) is 0 Å². The van der Waals surface area contributed by atoms with Crippen molar-refractivity contribution in [2.75, 3.05) is 0 Å². The normalized spacial score (nSPS) is 11.0. The number of fused-ring (bicyclic) bond motifs is 1. The molecule has 0 saturated carbocycles. The highest BCUT2D eigenvalue weighted by Gasteiger charge is 2.17. The zero-order valence-electron chi connectivity index (χ0n) is 11.7. The van der Waals surface area contributed by atoms with Gasteiger partial charge in [-0.05, 0) is 64.9 Å². The van der Waals surface area contributed by atoms with Gasteiger partial charge >= 0.3 is 5.97 Å². The molecule has 1 heterocycles. The predicted octanol–water partition coefficient (Wildman–Crippen LogP) is 4.35. The van der Waals surface area contributed by atoms with Gasteiger partial charge in [-0.25, -0.2) is 4.79 Å². The van der Waals surface area contributed by atoms with E-state index in [1.54, 1.807) is 4.68 Å². The van der Waals surface area contributed by atoms with Crippen LogP contribution in [0.3, 0.4) is 0 Å². The first-order valence-electron chi connectivity index (χ1n) is 6.60. The third kappa shape index (κ3) is 2.83. The van der Waals surface area contributed by atoms with Crippen molar-refractivity contribution in [3.63, 3.8) is 0 Å². The van der Waals surface area contributed by atoms with Crippen LogP contribution in [-0.2, 0) is 6.54 Å². The van der Waals surface area contributed by atoms with Crippen LogP contribution in [0, 0.1) is 10.5 Å². The molecule has 112 valence electrons. The van der Waals surface area contributed by atoms with E-state index in [4.69, 9.17) is 11.6 Å². The van der Waals surface area contributed by atoms with Crippen molar-refractivity contribution in [3.8, 4) is 0 Å². The van der Waals surface area contributed by atoms with Gasteiger partial charge in [0.15, 0.2) is 5.69 Å². The summed E-state index contributed by atoms with van der Waals surface area (Å²) < 4.78 is 2.66. The van der Waals surface area contributed by atoms with Crippen LogP contribution in [0.5, 0.6) is 0 Å². The summed E-state index contributed by atoms with van der Waals surface area (Å²) in [5.41, 5.74) is 2.85. The molecule has 0 bridgehead atoms. The molecule has 0 radical (unpaired) electrons. The first kappa shape index (κ1) is 15.3. The fourth-order valence-electron chi connectivity index (χ4n) is 2.37. The average Bonchev–Trinajstić information content (AvgIpc) is 2.80. The van der Waals surface area contributed by atoms with Gasteiger partial charge in [-0.1, -0.05) is 23.7 Å². The van der Waals surface area contributed by atoms with E-state index >= 15 is 0 Å². The van der Waals surface area contributed by atoms with E-state index in [2.05, 4.69) is 27.7 Å². The molecule has 0 spiro atoms. The fourth-order valence-corrected chi connectivity index (χ4v) is 3.16. The molecule has 0 atom stereocenters. The maximum atomic E-state index is 11.4. The lowest BCUT2D eigenvalue weighted by Crippen LogP contribution is -2.05. The number of aromatic nitrogens is 2. The first-order valence-corrected chi connectivity index (χ1v) is 8.06. The minimum atomic E-state index is -1.03. The Labute approximate surface area is 145 Å². The second-order valence-corrected chi connectivity index (χ2v) is 6.72. The van der Waals surface area contributed by atoms with E-state index in [0.29, 0.717) is 17.0 Å².